The minimum atomic E-state index is -0.160. The second kappa shape index (κ2) is 8.53. The summed E-state index contributed by atoms with van der Waals surface area (Å²) in [6, 6.07) is 0. The Balaban J connectivity index is 2.21. The lowest BCUT2D eigenvalue weighted by molar-refractivity contribution is 0.0205. The van der Waals surface area contributed by atoms with Crippen molar-refractivity contribution >= 4 is 0 Å². The normalized spacial score (nSPS) is 27.4. The lowest BCUT2D eigenvalue weighted by Crippen LogP contribution is -2.61. The summed E-state index contributed by atoms with van der Waals surface area (Å²) < 4.78 is 0. The van der Waals surface area contributed by atoms with Gasteiger partial charge in [-0.2, -0.15) is 0 Å². The average molecular weight is 395 g/mol. The summed E-state index contributed by atoms with van der Waals surface area (Å²) in [7, 11) is 0. The molecule has 0 aromatic heterocycles. The molecule has 0 atom stereocenters. The second-order valence-electron chi connectivity index (χ2n) is 12.7. The third kappa shape index (κ3) is 7.27. The van der Waals surface area contributed by atoms with Crippen LogP contribution in [-0.4, -0.2) is 28.3 Å². The predicted octanol–water partition coefficient (Wildman–Crippen LogP) is 4.52. The number of unbranched alkanes of at least 4 members (excludes halogenated alkanes) is 1. The Kier molecular flexibility index (Phi) is 7.34. The van der Waals surface area contributed by atoms with Crippen molar-refractivity contribution in [2.45, 2.75) is 135 Å². The average Bonchev–Trinajstić information content (AvgIpc) is 2.39. The Labute approximate surface area is 175 Å². The molecule has 2 aliphatic heterocycles. The summed E-state index contributed by atoms with van der Waals surface area (Å²) in [4.78, 5) is 0. The molecule has 0 saturated carbocycles. The summed E-state index contributed by atoms with van der Waals surface area (Å²) in [6.07, 6.45) is 9.63. The van der Waals surface area contributed by atoms with E-state index in [1.54, 1.807) is 0 Å². The van der Waals surface area contributed by atoms with Crippen LogP contribution in [0.1, 0.15) is 107 Å². The van der Waals surface area contributed by atoms with Gasteiger partial charge in [0.15, 0.2) is 0 Å². The first-order chi connectivity index (χ1) is 12.6. The molecule has 0 spiro atoms. The van der Waals surface area contributed by atoms with E-state index >= 15 is 0 Å². The van der Waals surface area contributed by atoms with Crippen LogP contribution in [0.25, 0.3) is 0 Å². The number of hydrogen-bond acceptors (Lipinski definition) is 4. The Morgan fingerprint density at radius 2 is 0.964 bits per heavy atom. The SMILES string of the molecule is CC1(C)CC(C(CCCCC(N)N)C2CC(C)(C)NC(C)(C)C2)CC(C)(C)N1. The fourth-order valence-electron chi connectivity index (χ4n) is 7.02. The molecule has 2 heterocycles. The second-order valence-corrected chi connectivity index (χ2v) is 12.7. The molecule has 4 nitrogen and oxygen atoms in total. The van der Waals surface area contributed by atoms with Crippen LogP contribution in [-0.2, 0) is 0 Å². The van der Waals surface area contributed by atoms with Crippen molar-refractivity contribution < 1.29 is 0 Å². The van der Waals surface area contributed by atoms with Gasteiger partial charge in [-0.05, 0) is 112 Å². The van der Waals surface area contributed by atoms with Gasteiger partial charge in [-0.1, -0.05) is 12.8 Å². The van der Waals surface area contributed by atoms with Crippen LogP contribution >= 0.6 is 0 Å². The van der Waals surface area contributed by atoms with Crippen molar-refractivity contribution in [2.24, 2.45) is 29.2 Å². The van der Waals surface area contributed by atoms with Crippen molar-refractivity contribution in [3.63, 3.8) is 0 Å². The lowest BCUT2D eigenvalue weighted by Gasteiger charge is -2.54. The Hall–Kier alpha value is -0.160. The molecular weight excluding hydrogens is 344 g/mol. The van der Waals surface area contributed by atoms with E-state index in [0.29, 0.717) is 0 Å². The van der Waals surface area contributed by atoms with Gasteiger partial charge >= 0.3 is 0 Å². The van der Waals surface area contributed by atoms with Crippen molar-refractivity contribution in [3.05, 3.63) is 0 Å². The van der Waals surface area contributed by atoms with E-state index in [0.717, 1.165) is 30.6 Å². The van der Waals surface area contributed by atoms with E-state index in [2.05, 4.69) is 66.0 Å². The van der Waals surface area contributed by atoms with Crippen LogP contribution < -0.4 is 22.1 Å². The summed E-state index contributed by atoms with van der Waals surface area (Å²) in [5, 5.41) is 7.78. The Morgan fingerprint density at radius 1 is 0.643 bits per heavy atom. The molecule has 0 aromatic rings. The molecule has 6 N–H and O–H groups in total. The molecule has 166 valence electrons. The molecule has 0 amide bonds. The molecule has 0 bridgehead atoms. The highest BCUT2D eigenvalue weighted by Crippen LogP contribution is 2.47. The van der Waals surface area contributed by atoms with E-state index in [9.17, 15) is 0 Å². The molecule has 0 radical (unpaired) electrons. The first-order valence-electron chi connectivity index (χ1n) is 11.7. The van der Waals surface area contributed by atoms with Gasteiger partial charge in [0.2, 0.25) is 0 Å². The smallest absolute Gasteiger partial charge is 0.0520 e. The van der Waals surface area contributed by atoms with Gasteiger partial charge in [0, 0.05) is 22.2 Å². The first-order valence-corrected chi connectivity index (χ1v) is 11.7. The predicted molar refractivity (Wildman–Crippen MR) is 122 cm³/mol. The summed E-state index contributed by atoms with van der Waals surface area (Å²) in [5.74, 6) is 2.36. The van der Waals surface area contributed by atoms with Crippen LogP contribution in [0.4, 0.5) is 0 Å². The molecule has 0 aliphatic carbocycles. The number of nitrogens with two attached hydrogens (primary N) is 2. The highest BCUT2D eigenvalue weighted by atomic mass is 15.1. The molecule has 2 aliphatic rings. The molecule has 4 heteroatoms. The quantitative estimate of drug-likeness (QED) is 0.378. The molecule has 2 rings (SSSR count). The zero-order valence-corrected chi connectivity index (χ0v) is 20.1. The third-order valence-electron chi connectivity index (χ3n) is 6.98. The highest BCUT2D eigenvalue weighted by Gasteiger charge is 2.46. The number of rotatable bonds is 7. The van der Waals surface area contributed by atoms with Crippen molar-refractivity contribution in [1.82, 2.24) is 10.6 Å². The molecule has 28 heavy (non-hydrogen) atoms. The lowest BCUT2D eigenvalue weighted by atomic mass is 9.61. The van der Waals surface area contributed by atoms with Crippen molar-refractivity contribution in [1.29, 1.82) is 0 Å². The maximum atomic E-state index is 5.80. The van der Waals surface area contributed by atoms with Crippen LogP contribution in [0.15, 0.2) is 0 Å². The van der Waals surface area contributed by atoms with Gasteiger partial charge in [-0.15, -0.1) is 0 Å². The van der Waals surface area contributed by atoms with E-state index in [1.165, 1.54) is 38.5 Å². The van der Waals surface area contributed by atoms with E-state index in [-0.39, 0.29) is 28.3 Å². The minimum absolute atomic E-state index is 0.160. The molecule has 0 aromatic carbocycles. The maximum Gasteiger partial charge on any atom is 0.0520 e. The van der Waals surface area contributed by atoms with Gasteiger partial charge < -0.3 is 22.1 Å². The third-order valence-corrected chi connectivity index (χ3v) is 6.98. The zero-order chi connectivity index (χ0) is 21.4. The fraction of sp³-hybridized carbons (Fsp3) is 1.00. The Morgan fingerprint density at radius 3 is 1.29 bits per heavy atom. The summed E-state index contributed by atoms with van der Waals surface area (Å²) in [5.41, 5.74) is 12.4. The minimum Gasteiger partial charge on any atom is -0.316 e. The molecule has 2 saturated heterocycles. The summed E-state index contributed by atoms with van der Waals surface area (Å²) >= 11 is 0. The van der Waals surface area contributed by atoms with Crippen LogP contribution in [0.3, 0.4) is 0 Å². The van der Waals surface area contributed by atoms with Gasteiger partial charge in [0.1, 0.15) is 0 Å². The van der Waals surface area contributed by atoms with Crippen molar-refractivity contribution in [2.75, 3.05) is 0 Å². The van der Waals surface area contributed by atoms with Crippen molar-refractivity contribution in [3.8, 4) is 0 Å². The monoisotopic (exact) mass is 394 g/mol. The van der Waals surface area contributed by atoms with Crippen LogP contribution in [0.5, 0.6) is 0 Å². The number of piperidine rings is 2. The van der Waals surface area contributed by atoms with Gasteiger partial charge in [-0.3, -0.25) is 0 Å². The largest absolute Gasteiger partial charge is 0.316 e. The van der Waals surface area contributed by atoms with E-state index < -0.39 is 0 Å². The highest BCUT2D eigenvalue weighted by molar-refractivity contribution is 5.03. The molecule has 0 unspecified atom stereocenters. The molecule has 2 fully saturated rings. The van der Waals surface area contributed by atoms with E-state index in [1.807, 2.05) is 0 Å². The topological polar surface area (TPSA) is 76.1 Å². The molecular formula is C24H50N4. The fourth-order valence-corrected chi connectivity index (χ4v) is 7.02. The first kappa shape index (κ1) is 24.1. The summed E-state index contributed by atoms with van der Waals surface area (Å²) in [6.45, 7) is 19.1. The van der Waals surface area contributed by atoms with E-state index in [4.69, 9.17) is 11.5 Å². The number of nitrogens with one attached hydrogen (secondary N) is 2. The number of hydrogen-bond donors (Lipinski definition) is 4. The van der Waals surface area contributed by atoms with Crippen LogP contribution in [0.2, 0.25) is 0 Å². The Bertz CT molecular complexity index is 437. The van der Waals surface area contributed by atoms with Gasteiger partial charge in [-0.25, -0.2) is 0 Å². The standard InChI is InChI=1S/C24H50N4/c1-21(2)13-17(14-22(3,4)27-21)19(11-9-10-12-20(25)26)18-15-23(5,6)28-24(7,8)16-18/h17-20,27-28H,9-16,25-26H2,1-8H3. The zero-order valence-electron chi connectivity index (χ0n) is 20.1. The maximum absolute atomic E-state index is 5.80. The van der Waals surface area contributed by atoms with Gasteiger partial charge in [0.05, 0.1) is 6.17 Å². The van der Waals surface area contributed by atoms with Gasteiger partial charge in [0.25, 0.3) is 0 Å². The van der Waals surface area contributed by atoms with Crippen LogP contribution in [0, 0.1) is 17.8 Å².